The second-order valence-corrected chi connectivity index (χ2v) is 9.19. The number of aromatic nitrogens is 2. The number of nitrogens with zero attached hydrogens (tertiary/aromatic N) is 2. The second-order valence-electron chi connectivity index (χ2n) is 9.19. The summed E-state index contributed by atoms with van der Waals surface area (Å²) in [5.41, 5.74) is 0.730. The van der Waals surface area contributed by atoms with Gasteiger partial charge in [-0.1, -0.05) is 20.8 Å². The Balaban J connectivity index is 1.58. The lowest BCUT2D eigenvalue weighted by Crippen LogP contribution is -2.48. The molecule has 1 amide bonds. The van der Waals surface area contributed by atoms with Crippen molar-refractivity contribution in [2.24, 2.45) is 17.8 Å². The van der Waals surface area contributed by atoms with Gasteiger partial charge in [-0.3, -0.25) is 4.79 Å². The number of hydrogen-bond donors (Lipinski definition) is 2. The summed E-state index contributed by atoms with van der Waals surface area (Å²) in [6.45, 7) is 8.06. The highest BCUT2D eigenvalue weighted by Crippen LogP contribution is 2.59. The quantitative estimate of drug-likeness (QED) is 0.873. The molecule has 5 heteroatoms. The van der Waals surface area contributed by atoms with Gasteiger partial charge < -0.3 is 10.4 Å². The van der Waals surface area contributed by atoms with Crippen LogP contribution in [0.1, 0.15) is 68.3 Å². The maximum Gasteiger partial charge on any atom is 0.254 e. The maximum atomic E-state index is 13.0. The molecule has 0 spiro atoms. The second kappa shape index (κ2) is 5.01. The first-order valence-corrected chi connectivity index (χ1v) is 9.04. The highest BCUT2D eigenvalue weighted by molar-refractivity contribution is 5.95. The molecular formula is C19H27N3O2. The van der Waals surface area contributed by atoms with Gasteiger partial charge in [0.05, 0.1) is 16.9 Å². The van der Waals surface area contributed by atoms with E-state index in [0.29, 0.717) is 29.1 Å². The van der Waals surface area contributed by atoms with Gasteiger partial charge in [-0.05, 0) is 50.4 Å². The molecule has 1 aromatic rings. The molecule has 1 heterocycles. The molecule has 4 bridgehead atoms. The van der Waals surface area contributed by atoms with Gasteiger partial charge in [0.25, 0.3) is 5.91 Å². The number of carbonyl (C=O) groups excluding carboxylic acids is 1. The third-order valence-electron chi connectivity index (χ3n) is 6.24. The normalized spacial score (nSPS) is 37.0. The fourth-order valence-corrected chi connectivity index (χ4v) is 5.42. The van der Waals surface area contributed by atoms with Crippen molar-refractivity contribution >= 4 is 5.91 Å². The van der Waals surface area contributed by atoms with Crippen LogP contribution < -0.4 is 5.32 Å². The summed E-state index contributed by atoms with van der Waals surface area (Å²) in [4.78, 5) is 21.7. The van der Waals surface area contributed by atoms with E-state index in [9.17, 15) is 9.90 Å². The third kappa shape index (κ3) is 2.44. The van der Waals surface area contributed by atoms with Crippen LogP contribution in [0.3, 0.4) is 0 Å². The molecule has 4 aliphatic rings. The Bertz CT molecular complexity index is 692. The molecule has 24 heavy (non-hydrogen) atoms. The predicted molar refractivity (Wildman–Crippen MR) is 90.6 cm³/mol. The zero-order valence-corrected chi connectivity index (χ0v) is 15.0. The summed E-state index contributed by atoms with van der Waals surface area (Å²) in [5, 5.41) is 13.8. The SMILES string of the molecule is Cc1ncc(C(=O)N[C@@H]2[C@@H]3CC4C[C@@](O)(C3)C[C@H]42)c(C(C)(C)C)n1. The van der Waals surface area contributed by atoms with Gasteiger partial charge in [-0.2, -0.15) is 0 Å². The maximum absolute atomic E-state index is 13.0. The third-order valence-corrected chi connectivity index (χ3v) is 6.24. The minimum absolute atomic E-state index is 0.0621. The van der Waals surface area contributed by atoms with Gasteiger partial charge in [0.15, 0.2) is 0 Å². The van der Waals surface area contributed by atoms with E-state index in [-0.39, 0.29) is 17.4 Å². The van der Waals surface area contributed by atoms with Crippen molar-refractivity contribution in [1.82, 2.24) is 15.3 Å². The Morgan fingerprint density at radius 2 is 2.00 bits per heavy atom. The Kier molecular flexibility index (Phi) is 3.34. The fraction of sp³-hybridized carbons (Fsp3) is 0.737. The molecule has 4 aliphatic carbocycles. The summed E-state index contributed by atoms with van der Waals surface area (Å²) < 4.78 is 0. The van der Waals surface area contributed by atoms with Gasteiger partial charge >= 0.3 is 0 Å². The lowest BCUT2D eigenvalue weighted by Gasteiger charge is -2.38. The van der Waals surface area contributed by atoms with Crippen LogP contribution >= 0.6 is 0 Å². The van der Waals surface area contributed by atoms with Crippen LogP contribution in [0.2, 0.25) is 0 Å². The number of aliphatic hydroxyl groups is 1. The molecule has 4 fully saturated rings. The standard InChI is InChI=1S/C19H27N3O2/c1-10-20-9-14(16(21-10)18(2,3)4)17(23)22-15-12-5-11-6-19(24,7-12)8-13(11)15/h9,11-13,15,24H,5-8H2,1-4H3,(H,22,23)/t11?,12-,13-,15-,19-/m1/s1. The van der Waals surface area contributed by atoms with Crippen molar-refractivity contribution in [2.75, 3.05) is 0 Å². The fourth-order valence-electron chi connectivity index (χ4n) is 5.42. The minimum Gasteiger partial charge on any atom is -0.390 e. The molecule has 0 aromatic carbocycles. The first-order chi connectivity index (χ1) is 11.2. The van der Waals surface area contributed by atoms with Crippen LogP contribution in [-0.2, 0) is 5.41 Å². The van der Waals surface area contributed by atoms with Crippen molar-refractivity contribution in [3.63, 3.8) is 0 Å². The van der Waals surface area contributed by atoms with Crippen LogP contribution in [0.15, 0.2) is 6.20 Å². The predicted octanol–water partition coefficient (Wildman–Crippen LogP) is 2.36. The number of hydrogen-bond acceptors (Lipinski definition) is 4. The average Bonchev–Trinajstić information content (AvgIpc) is 2.84. The zero-order chi connectivity index (χ0) is 17.3. The first kappa shape index (κ1) is 16.0. The van der Waals surface area contributed by atoms with Crippen LogP contribution in [-0.4, -0.2) is 32.6 Å². The molecule has 0 radical (unpaired) electrons. The molecule has 2 N–H and O–H groups in total. The van der Waals surface area contributed by atoms with E-state index in [4.69, 9.17) is 0 Å². The van der Waals surface area contributed by atoms with E-state index in [1.165, 1.54) is 0 Å². The Hall–Kier alpha value is -1.49. The smallest absolute Gasteiger partial charge is 0.254 e. The van der Waals surface area contributed by atoms with Gasteiger partial charge in [-0.15, -0.1) is 0 Å². The Morgan fingerprint density at radius 3 is 2.67 bits per heavy atom. The number of aryl methyl sites for hydroxylation is 1. The summed E-state index contributed by atoms with van der Waals surface area (Å²) in [5.74, 6) is 2.06. The van der Waals surface area contributed by atoms with Gasteiger partial charge in [0.1, 0.15) is 5.82 Å². The van der Waals surface area contributed by atoms with Crippen molar-refractivity contribution in [3.8, 4) is 0 Å². The van der Waals surface area contributed by atoms with E-state index < -0.39 is 5.60 Å². The van der Waals surface area contributed by atoms with E-state index >= 15 is 0 Å². The summed E-state index contributed by atoms with van der Waals surface area (Å²) >= 11 is 0. The minimum atomic E-state index is -0.455. The van der Waals surface area contributed by atoms with Gasteiger partial charge in [0.2, 0.25) is 0 Å². The van der Waals surface area contributed by atoms with Crippen LogP contribution in [0.25, 0.3) is 0 Å². The molecule has 5 rings (SSSR count). The molecule has 0 saturated heterocycles. The average molecular weight is 329 g/mol. The lowest BCUT2D eigenvalue weighted by atomic mass is 9.76. The molecule has 1 aromatic heterocycles. The lowest BCUT2D eigenvalue weighted by molar-refractivity contribution is -0.0192. The van der Waals surface area contributed by atoms with Crippen molar-refractivity contribution in [1.29, 1.82) is 0 Å². The van der Waals surface area contributed by atoms with Crippen molar-refractivity contribution in [3.05, 3.63) is 23.3 Å². The molecule has 4 saturated carbocycles. The van der Waals surface area contributed by atoms with Crippen molar-refractivity contribution in [2.45, 2.75) is 70.4 Å². The Morgan fingerprint density at radius 1 is 1.29 bits per heavy atom. The number of rotatable bonds is 2. The zero-order valence-electron chi connectivity index (χ0n) is 15.0. The van der Waals surface area contributed by atoms with Gasteiger partial charge in [-0.25, -0.2) is 9.97 Å². The summed E-state index contributed by atoms with van der Waals surface area (Å²) in [7, 11) is 0. The van der Waals surface area contributed by atoms with Gasteiger partial charge in [0, 0.05) is 17.7 Å². The van der Waals surface area contributed by atoms with E-state index in [0.717, 1.165) is 31.4 Å². The summed E-state index contributed by atoms with van der Waals surface area (Å²) in [6.07, 6.45) is 5.41. The number of nitrogens with one attached hydrogen (secondary N) is 1. The van der Waals surface area contributed by atoms with E-state index in [2.05, 4.69) is 36.1 Å². The molecule has 5 nitrogen and oxygen atoms in total. The molecule has 1 unspecified atom stereocenters. The highest BCUT2D eigenvalue weighted by Gasteiger charge is 2.60. The molecule has 0 aliphatic heterocycles. The molecule has 130 valence electrons. The van der Waals surface area contributed by atoms with Crippen molar-refractivity contribution < 1.29 is 9.90 Å². The molecule has 5 atom stereocenters. The first-order valence-electron chi connectivity index (χ1n) is 9.04. The topological polar surface area (TPSA) is 75.1 Å². The monoisotopic (exact) mass is 329 g/mol. The number of carbonyl (C=O) groups is 1. The highest BCUT2D eigenvalue weighted by atomic mass is 16.3. The number of amides is 1. The Labute approximate surface area is 143 Å². The summed E-state index contributed by atoms with van der Waals surface area (Å²) in [6, 6.07) is 0.194. The van der Waals surface area contributed by atoms with Crippen LogP contribution in [0.5, 0.6) is 0 Å². The molecular weight excluding hydrogens is 302 g/mol. The van der Waals surface area contributed by atoms with E-state index in [1.54, 1.807) is 6.20 Å². The van der Waals surface area contributed by atoms with E-state index in [1.807, 2.05) is 6.92 Å². The van der Waals surface area contributed by atoms with Crippen LogP contribution in [0, 0.1) is 24.7 Å². The van der Waals surface area contributed by atoms with Crippen LogP contribution in [0.4, 0.5) is 0 Å². The largest absolute Gasteiger partial charge is 0.390 e.